The fraction of sp³-hybridized carbons (Fsp3) is 0.600. The average molecular weight is 393 g/mol. The highest BCUT2D eigenvalue weighted by molar-refractivity contribution is 7.91. The minimum atomic E-state index is -3.88. The van der Waals surface area contributed by atoms with E-state index in [0.717, 1.165) is 18.7 Å². The van der Waals surface area contributed by atoms with E-state index in [1.165, 1.54) is 25.0 Å². The first kappa shape index (κ1) is 18.1. The van der Waals surface area contributed by atoms with E-state index in [1.807, 2.05) is 0 Å². The van der Waals surface area contributed by atoms with Gasteiger partial charge in [0.05, 0.1) is 9.92 Å². The lowest BCUT2D eigenvalue weighted by molar-refractivity contribution is 0.256. The van der Waals surface area contributed by atoms with E-state index in [4.69, 9.17) is 11.6 Å². The predicted octanol–water partition coefficient (Wildman–Crippen LogP) is 1.65. The van der Waals surface area contributed by atoms with Gasteiger partial charge in [0.2, 0.25) is 10.0 Å². The van der Waals surface area contributed by atoms with Crippen LogP contribution in [0.2, 0.25) is 5.02 Å². The fourth-order valence-corrected chi connectivity index (χ4v) is 5.75. The summed E-state index contributed by atoms with van der Waals surface area (Å²) in [6.45, 7) is 2.78. The summed E-state index contributed by atoms with van der Waals surface area (Å²) in [5.74, 6) is 0. The normalized spacial score (nSPS) is 26.0. The SMILES string of the molecule is C[C@@H]1C[C@H](NS(=O)(=O)c2cc(S(C)(=O)=O)ccc2Cl)CN1C1CC1. The minimum absolute atomic E-state index is 0.0139. The highest BCUT2D eigenvalue weighted by Gasteiger charge is 2.40. The molecule has 1 saturated carbocycles. The molecular weight excluding hydrogens is 372 g/mol. The molecule has 2 aliphatic rings. The first-order valence-electron chi connectivity index (χ1n) is 7.85. The standard InChI is InChI=1S/C15H21ClN2O4S2/c1-10-7-11(9-18(10)12-3-4-12)17-24(21,22)15-8-13(23(2,19)20)5-6-14(15)16/h5-6,8,10-12,17H,3-4,7,9H2,1-2H3/t10-,11+/m1/s1. The number of nitrogens with zero attached hydrogens (tertiary/aromatic N) is 1. The number of hydrogen-bond donors (Lipinski definition) is 1. The van der Waals surface area contributed by atoms with Crippen LogP contribution in [0.3, 0.4) is 0 Å². The number of sulfone groups is 1. The molecule has 3 rings (SSSR count). The van der Waals surface area contributed by atoms with Gasteiger partial charge in [0, 0.05) is 30.9 Å². The van der Waals surface area contributed by atoms with Crippen molar-refractivity contribution in [3.05, 3.63) is 23.2 Å². The van der Waals surface area contributed by atoms with Crippen LogP contribution in [0.15, 0.2) is 28.0 Å². The van der Waals surface area contributed by atoms with Crippen molar-refractivity contribution in [2.24, 2.45) is 0 Å². The summed E-state index contributed by atoms with van der Waals surface area (Å²) in [5, 5.41) is 0.0139. The Morgan fingerprint density at radius 3 is 2.46 bits per heavy atom. The Bertz CT molecular complexity index is 850. The molecule has 134 valence electrons. The number of hydrogen-bond acceptors (Lipinski definition) is 5. The Kier molecular flexibility index (Phi) is 4.72. The summed E-state index contributed by atoms with van der Waals surface area (Å²) in [5.41, 5.74) is 0. The summed E-state index contributed by atoms with van der Waals surface area (Å²) in [7, 11) is -7.39. The largest absolute Gasteiger partial charge is 0.296 e. The molecule has 0 radical (unpaired) electrons. The fourth-order valence-electron chi connectivity index (χ4n) is 3.26. The lowest BCUT2D eigenvalue weighted by Crippen LogP contribution is -2.37. The molecule has 0 amide bonds. The molecule has 1 aliphatic carbocycles. The van der Waals surface area contributed by atoms with Crippen LogP contribution in [-0.4, -0.2) is 52.7 Å². The minimum Gasteiger partial charge on any atom is -0.296 e. The maximum Gasteiger partial charge on any atom is 0.242 e. The molecule has 1 saturated heterocycles. The molecule has 2 atom stereocenters. The highest BCUT2D eigenvalue weighted by Crippen LogP contribution is 2.34. The van der Waals surface area contributed by atoms with E-state index >= 15 is 0 Å². The Morgan fingerprint density at radius 2 is 1.88 bits per heavy atom. The van der Waals surface area contributed by atoms with E-state index in [1.54, 1.807) is 0 Å². The summed E-state index contributed by atoms with van der Waals surface area (Å²) >= 11 is 6.01. The van der Waals surface area contributed by atoms with Gasteiger partial charge in [-0.1, -0.05) is 11.6 Å². The van der Waals surface area contributed by atoms with Crippen LogP contribution < -0.4 is 4.72 Å². The Morgan fingerprint density at radius 1 is 1.21 bits per heavy atom. The molecule has 0 bridgehead atoms. The van der Waals surface area contributed by atoms with Gasteiger partial charge in [-0.05, 0) is 44.4 Å². The molecule has 0 spiro atoms. The van der Waals surface area contributed by atoms with Crippen molar-refractivity contribution in [1.29, 1.82) is 0 Å². The Labute approximate surface area is 148 Å². The van der Waals surface area contributed by atoms with Gasteiger partial charge < -0.3 is 0 Å². The van der Waals surface area contributed by atoms with Crippen LogP contribution in [0.5, 0.6) is 0 Å². The lowest BCUT2D eigenvalue weighted by atomic mass is 10.2. The van der Waals surface area contributed by atoms with E-state index in [-0.39, 0.29) is 20.9 Å². The van der Waals surface area contributed by atoms with Gasteiger partial charge in [0.25, 0.3) is 0 Å². The van der Waals surface area contributed by atoms with Gasteiger partial charge in [-0.2, -0.15) is 0 Å². The predicted molar refractivity (Wildman–Crippen MR) is 92.5 cm³/mol. The molecule has 1 N–H and O–H groups in total. The van der Waals surface area contributed by atoms with E-state index in [2.05, 4.69) is 16.5 Å². The molecule has 9 heteroatoms. The third-order valence-electron chi connectivity index (χ3n) is 4.58. The second-order valence-corrected chi connectivity index (χ2v) is 10.8. The first-order chi connectivity index (χ1) is 11.1. The van der Waals surface area contributed by atoms with Crippen molar-refractivity contribution < 1.29 is 16.8 Å². The topological polar surface area (TPSA) is 83.5 Å². The van der Waals surface area contributed by atoms with E-state index in [9.17, 15) is 16.8 Å². The quantitative estimate of drug-likeness (QED) is 0.823. The van der Waals surface area contributed by atoms with Crippen LogP contribution in [0, 0.1) is 0 Å². The summed E-state index contributed by atoms with van der Waals surface area (Å²) in [6, 6.07) is 4.46. The second-order valence-electron chi connectivity index (χ2n) is 6.70. The number of nitrogens with one attached hydrogen (secondary N) is 1. The number of benzene rings is 1. The first-order valence-corrected chi connectivity index (χ1v) is 11.6. The van der Waals surface area contributed by atoms with Gasteiger partial charge in [0.1, 0.15) is 4.90 Å². The molecule has 0 unspecified atom stereocenters. The van der Waals surface area contributed by atoms with Crippen molar-refractivity contribution >= 4 is 31.5 Å². The zero-order valence-corrected chi connectivity index (χ0v) is 16.0. The number of likely N-dealkylation sites (tertiary alicyclic amines) is 1. The van der Waals surface area contributed by atoms with Crippen LogP contribution >= 0.6 is 11.6 Å². The zero-order valence-electron chi connectivity index (χ0n) is 13.6. The Balaban J connectivity index is 1.83. The van der Waals surface area contributed by atoms with E-state index < -0.39 is 19.9 Å². The molecule has 1 aliphatic heterocycles. The highest BCUT2D eigenvalue weighted by atomic mass is 35.5. The monoisotopic (exact) mass is 392 g/mol. The number of rotatable bonds is 5. The van der Waals surface area contributed by atoms with Crippen LogP contribution in [-0.2, 0) is 19.9 Å². The summed E-state index contributed by atoms with van der Waals surface area (Å²) in [4.78, 5) is 2.08. The maximum atomic E-state index is 12.7. The molecule has 24 heavy (non-hydrogen) atoms. The van der Waals surface area contributed by atoms with E-state index in [0.29, 0.717) is 18.6 Å². The average Bonchev–Trinajstić information content (AvgIpc) is 3.22. The third-order valence-corrected chi connectivity index (χ3v) is 7.69. The van der Waals surface area contributed by atoms with Gasteiger partial charge in [-0.3, -0.25) is 4.90 Å². The molecule has 2 fully saturated rings. The van der Waals surface area contributed by atoms with Gasteiger partial charge in [-0.25, -0.2) is 21.6 Å². The van der Waals surface area contributed by atoms with Gasteiger partial charge >= 0.3 is 0 Å². The van der Waals surface area contributed by atoms with Gasteiger partial charge in [0.15, 0.2) is 9.84 Å². The molecule has 1 heterocycles. The Hall–Kier alpha value is -0.670. The second kappa shape index (κ2) is 6.25. The zero-order chi connectivity index (χ0) is 17.7. The van der Waals surface area contributed by atoms with Crippen molar-refractivity contribution in [2.75, 3.05) is 12.8 Å². The van der Waals surface area contributed by atoms with Gasteiger partial charge in [-0.15, -0.1) is 0 Å². The summed E-state index contributed by atoms with van der Waals surface area (Å²) in [6.07, 6.45) is 4.11. The third kappa shape index (κ3) is 3.77. The van der Waals surface area contributed by atoms with Crippen molar-refractivity contribution in [2.45, 2.75) is 54.1 Å². The van der Waals surface area contributed by atoms with Crippen molar-refractivity contribution in [3.63, 3.8) is 0 Å². The molecule has 6 nitrogen and oxygen atoms in total. The molecule has 0 aromatic heterocycles. The molecular formula is C15H21ClN2O4S2. The smallest absolute Gasteiger partial charge is 0.242 e. The van der Waals surface area contributed by atoms with Crippen LogP contribution in [0.1, 0.15) is 26.2 Å². The van der Waals surface area contributed by atoms with Crippen molar-refractivity contribution in [3.8, 4) is 0 Å². The van der Waals surface area contributed by atoms with Crippen molar-refractivity contribution in [1.82, 2.24) is 9.62 Å². The lowest BCUT2D eigenvalue weighted by Gasteiger charge is -2.19. The van der Waals surface area contributed by atoms with Crippen LogP contribution in [0.25, 0.3) is 0 Å². The summed E-state index contributed by atoms with van der Waals surface area (Å²) < 4.78 is 51.4. The maximum absolute atomic E-state index is 12.7. The number of sulfonamides is 1. The number of halogens is 1. The van der Waals surface area contributed by atoms with Crippen LogP contribution in [0.4, 0.5) is 0 Å². The molecule has 1 aromatic carbocycles. The molecule has 1 aromatic rings.